The van der Waals surface area contributed by atoms with Gasteiger partial charge in [-0.05, 0) is 55.3 Å². The summed E-state index contributed by atoms with van der Waals surface area (Å²) >= 11 is 5.72. The smallest absolute Gasteiger partial charge is 0.352 e. The molecule has 0 saturated heterocycles. The van der Waals surface area contributed by atoms with Crippen LogP contribution in [0, 0.1) is 5.82 Å². The van der Waals surface area contributed by atoms with Crippen LogP contribution in [0.15, 0.2) is 72.8 Å². The average molecular weight is 628 g/mol. The highest BCUT2D eigenvalue weighted by Crippen LogP contribution is 2.37. The van der Waals surface area contributed by atoms with Crippen molar-refractivity contribution < 1.29 is 35.6 Å². The minimum Gasteiger partial charge on any atom is -0.352 e. The van der Waals surface area contributed by atoms with E-state index in [0.717, 1.165) is 23.3 Å². The summed E-state index contributed by atoms with van der Waals surface area (Å²) < 4.78 is 80.4. The van der Waals surface area contributed by atoms with Crippen molar-refractivity contribution in [1.82, 2.24) is 10.2 Å². The van der Waals surface area contributed by atoms with E-state index in [1.807, 2.05) is 0 Å². The number of nitrogens with one attached hydrogen (secondary N) is 1. The second-order valence-corrected chi connectivity index (χ2v) is 12.3. The van der Waals surface area contributed by atoms with Crippen LogP contribution in [0.3, 0.4) is 0 Å². The summed E-state index contributed by atoms with van der Waals surface area (Å²) in [7, 11) is -4.30. The number of nitrogens with zero attached hydrogens (tertiary/aromatic N) is 2. The van der Waals surface area contributed by atoms with Crippen LogP contribution in [0.5, 0.6) is 0 Å². The topological polar surface area (TPSA) is 86.8 Å². The first-order valence-corrected chi connectivity index (χ1v) is 15.0. The fraction of sp³-hybridized carbons (Fsp3) is 0.310. The zero-order valence-electron chi connectivity index (χ0n) is 23.0. The monoisotopic (exact) mass is 627 g/mol. The molecule has 3 aromatic rings. The first-order chi connectivity index (χ1) is 19.6. The van der Waals surface area contributed by atoms with Crippen molar-refractivity contribution in [3.63, 3.8) is 0 Å². The predicted molar refractivity (Wildman–Crippen MR) is 153 cm³/mol. The van der Waals surface area contributed by atoms with Gasteiger partial charge in [0.05, 0.1) is 22.5 Å². The van der Waals surface area contributed by atoms with E-state index in [9.17, 15) is 35.6 Å². The first kappa shape index (κ1) is 32.9. The normalized spacial score (nSPS) is 12.6. The van der Waals surface area contributed by atoms with E-state index in [4.69, 9.17) is 11.6 Å². The second-order valence-electron chi connectivity index (χ2n) is 9.95. The van der Waals surface area contributed by atoms with Crippen LogP contribution in [0.25, 0.3) is 0 Å². The first-order valence-electron chi connectivity index (χ1n) is 12.8. The standard InChI is InChI=1S/C29H30ClF4N3O4S/c1-19(2)35-28(39)26(15-20-7-5-4-6-8-20)36(17-21-9-11-22(31)12-10-21)27(38)18-37(42(3,40)41)23-13-14-25(30)24(16-23)29(32,33)34/h4-14,16,19,26H,15,17-18H2,1-3H3,(H,35,39)/t26-/m0/s1. The maximum absolute atomic E-state index is 13.9. The van der Waals surface area contributed by atoms with Crippen molar-refractivity contribution in [2.24, 2.45) is 0 Å². The molecule has 0 aliphatic carbocycles. The molecule has 0 unspecified atom stereocenters. The van der Waals surface area contributed by atoms with E-state index in [0.29, 0.717) is 21.5 Å². The van der Waals surface area contributed by atoms with Crippen LogP contribution < -0.4 is 9.62 Å². The predicted octanol–water partition coefficient (Wildman–Crippen LogP) is 5.43. The number of benzene rings is 3. The van der Waals surface area contributed by atoms with Crippen molar-refractivity contribution in [1.29, 1.82) is 0 Å². The molecule has 3 rings (SSSR count). The maximum Gasteiger partial charge on any atom is 0.417 e. The Morgan fingerprint density at radius 1 is 0.952 bits per heavy atom. The Hall–Kier alpha value is -3.64. The van der Waals surface area contributed by atoms with Crippen molar-refractivity contribution >= 4 is 39.1 Å². The highest BCUT2D eigenvalue weighted by atomic mass is 35.5. The maximum atomic E-state index is 13.9. The molecule has 3 aromatic carbocycles. The van der Waals surface area contributed by atoms with Gasteiger partial charge in [0, 0.05) is 19.0 Å². The van der Waals surface area contributed by atoms with Gasteiger partial charge >= 0.3 is 6.18 Å². The number of carbonyl (C=O) groups excluding carboxylic acids is 2. The summed E-state index contributed by atoms with van der Waals surface area (Å²) in [6.07, 6.45) is -4.09. The summed E-state index contributed by atoms with van der Waals surface area (Å²) in [6, 6.07) is 15.0. The quantitative estimate of drug-likeness (QED) is 0.287. The Morgan fingerprint density at radius 2 is 1.57 bits per heavy atom. The minimum atomic E-state index is -4.88. The molecule has 226 valence electrons. The Labute approximate surface area is 247 Å². The molecule has 0 aromatic heterocycles. The number of sulfonamides is 1. The van der Waals surface area contributed by atoms with Crippen molar-refractivity contribution in [2.75, 3.05) is 17.1 Å². The number of alkyl halides is 3. The van der Waals surface area contributed by atoms with E-state index in [-0.39, 0.29) is 19.0 Å². The molecule has 0 spiro atoms. The third kappa shape index (κ3) is 8.93. The lowest BCUT2D eigenvalue weighted by atomic mass is 10.0. The van der Waals surface area contributed by atoms with Crippen molar-refractivity contribution in [3.05, 3.63) is 100 Å². The van der Waals surface area contributed by atoms with E-state index in [1.54, 1.807) is 44.2 Å². The molecule has 13 heteroatoms. The number of amides is 2. The lowest BCUT2D eigenvalue weighted by molar-refractivity contribution is -0.140. The highest BCUT2D eigenvalue weighted by Gasteiger charge is 2.36. The lowest BCUT2D eigenvalue weighted by Gasteiger charge is -2.34. The lowest BCUT2D eigenvalue weighted by Crippen LogP contribution is -2.54. The fourth-order valence-corrected chi connectivity index (χ4v) is 5.29. The number of anilines is 1. The van der Waals surface area contributed by atoms with E-state index < -0.39 is 62.7 Å². The van der Waals surface area contributed by atoms with Gasteiger partial charge in [-0.2, -0.15) is 13.2 Å². The summed E-state index contributed by atoms with van der Waals surface area (Å²) in [6.45, 7) is 2.33. The Morgan fingerprint density at radius 3 is 2.12 bits per heavy atom. The molecule has 7 nitrogen and oxygen atoms in total. The highest BCUT2D eigenvalue weighted by molar-refractivity contribution is 7.92. The van der Waals surface area contributed by atoms with Crippen LogP contribution in [0.1, 0.15) is 30.5 Å². The molecule has 1 atom stereocenters. The summed E-state index contributed by atoms with van der Waals surface area (Å²) in [4.78, 5) is 28.5. The fourth-order valence-electron chi connectivity index (χ4n) is 4.22. The van der Waals surface area contributed by atoms with Crippen molar-refractivity contribution in [2.45, 2.75) is 45.1 Å². The van der Waals surface area contributed by atoms with Gasteiger partial charge in [0.2, 0.25) is 21.8 Å². The molecule has 1 N–H and O–H groups in total. The molecule has 0 aliphatic heterocycles. The van der Waals surface area contributed by atoms with Gasteiger partial charge in [0.15, 0.2) is 0 Å². The van der Waals surface area contributed by atoms with Gasteiger partial charge in [-0.25, -0.2) is 12.8 Å². The van der Waals surface area contributed by atoms with Crippen LogP contribution in [0.4, 0.5) is 23.2 Å². The van der Waals surface area contributed by atoms with Crippen LogP contribution in [-0.4, -0.2) is 50.0 Å². The van der Waals surface area contributed by atoms with E-state index >= 15 is 0 Å². The van der Waals surface area contributed by atoms with E-state index in [2.05, 4.69) is 5.32 Å². The molecule has 2 amide bonds. The SMILES string of the molecule is CC(C)NC(=O)[C@H](Cc1ccccc1)N(Cc1ccc(F)cc1)C(=O)CN(c1ccc(Cl)c(C(F)(F)F)c1)S(C)(=O)=O. The summed E-state index contributed by atoms with van der Waals surface area (Å²) in [5.41, 5.74) is -0.567. The van der Waals surface area contributed by atoms with E-state index in [1.165, 1.54) is 24.3 Å². The van der Waals surface area contributed by atoms with Gasteiger partial charge in [0.1, 0.15) is 18.4 Å². The molecule has 0 bridgehead atoms. The molecule has 0 fully saturated rings. The third-order valence-corrected chi connectivity index (χ3v) is 7.66. The molecule has 42 heavy (non-hydrogen) atoms. The summed E-state index contributed by atoms with van der Waals surface area (Å²) in [5, 5.41) is 2.13. The number of carbonyl (C=O) groups is 2. The number of halogens is 5. The zero-order valence-corrected chi connectivity index (χ0v) is 24.6. The third-order valence-electron chi connectivity index (χ3n) is 6.19. The molecular weight excluding hydrogens is 598 g/mol. The number of rotatable bonds is 11. The molecule has 0 saturated carbocycles. The van der Waals surface area contributed by atoms with Gasteiger partial charge in [-0.3, -0.25) is 13.9 Å². The Bertz CT molecular complexity index is 1500. The average Bonchev–Trinajstić information content (AvgIpc) is 2.89. The molecule has 0 heterocycles. The van der Waals surface area contributed by atoms with Gasteiger partial charge in [-0.1, -0.05) is 54.1 Å². The Balaban J connectivity index is 2.09. The Kier molecular flexibility index (Phi) is 10.6. The number of hydrogen-bond acceptors (Lipinski definition) is 4. The molecule has 0 aliphatic rings. The van der Waals surface area contributed by atoms with Crippen LogP contribution in [-0.2, 0) is 38.8 Å². The van der Waals surface area contributed by atoms with Gasteiger partial charge in [0.25, 0.3) is 0 Å². The molecule has 0 radical (unpaired) electrons. The zero-order chi connectivity index (χ0) is 31.2. The molecular formula is C29H30ClF4N3O4S. The number of hydrogen-bond donors (Lipinski definition) is 1. The second kappa shape index (κ2) is 13.6. The van der Waals surface area contributed by atoms with Gasteiger partial charge < -0.3 is 10.2 Å². The minimum absolute atomic E-state index is 0.0460. The van der Waals surface area contributed by atoms with Gasteiger partial charge in [-0.15, -0.1) is 0 Å². The summed E-state index contributed by atoms with van der Waals surface area (Å²) in [5.74, 6) is -1.92. The van der Waals surface area contributed by atoms with Crippen LogP contribution in [0.2, 0.25) is 5.02 Å². The largest absolute Gasteiger partial charge is 0.417 e. The van der Waals surface area contributed by atoms with Crippen molar-refractivity contribution in [3.8, 4) is 0 Å². The van der Waals surface area contributed by atoms with Crippen LogP contribution >= 0.6 is 11.6 Å².